The lowest BCUT2D eigenvalue weighted by Gasteiger charge is -2.47. The predicted molar refractivity (Wildman–Crippen MR) is 362 cm³/mol. The van der Waals surface area contributed by atoms with Crippen LogP contribution in [0.4, 0.5) is 27.8 Å². The second kappa shape index (κ2) is 16.4. The molecule has 0 unspecified atom stereocenters. The van der Waals surface area contributed by atoms with Crippen LogP contribution >= 0.6 is 22.7 Å². The van der Waals surface area contributed by atoms with Gasteiger partial charge in [-0.15, -0.1) is 22.7 Å². The molecule has 2 aliphatic heterocycles. The van der Waals surface area contributed by atoms with Crippen molar-refractivity contribution in [1.82, 2.24) is 0 Å². The lowest BCUT2D eigenvalue weighted by molar-refractivity contribution is 0.332. The normalized spacial score (nSPS) is 21.4. The summed E-state index contributed by atoms with van der Waals surface area (Å²) in [6, 6.07) is 40.1. The maximum atomic E-state index is 7.55. The number of rotatable bonds is 2. The zero-order valence-electron chi connectivity index (χ0n) is 52.6. The zero-order valence-corrected chi connectivity index (χ0v) is 54.2. The summed E-state index contributed by atoms with van der Waals surface area (Å²) in [6.07, 6.45) is 9.42. The van der Waals surface area contributed by atoms with Crippen LogP contribution in [-0.4, -0.2) is 6.85 Å². The van der Waals surface area contributed by atoms with Crippen molar-refractivity contribution < 1.29 is 4.42 Å². The lowest BCUT2D eigenvalue weighted by atomic mass is 9.43. The van der Waals surface area contributed by atoms with Crippen molar-refractivity contribution in [1.29, 1.82) is 0 Å². The highest BCUT2D eigenvalue weighted by Crippen LogP contribution is 2.60. The molecule has 83 heavy (non-hydrogen) atoms. The molecular weight excluding hydrogens is 1040 g/mol. The molecule has 0 radical (unpaired) electrons. The molecule has 0 spiro atoms. The number of furan rings is 1. The summed E-state index contributed by atoms with van der Waals surface area (Å²) in [5.74, 6) is 0. The minimum atomic E-state index is -0.172. The average molecular weight is 1130 g/mol. The van der Waals surface area contributed by atoms with Gasteiger partial charge in [-0.3, -0.25) is 0 Å². The van der Waals surface area contributed by atoms with Crippen LogP contribution < -0.4 is 20.6 Å². The molecule has 4 aliphatic carbocycles. The Balaban J connectivity index is 1.11. The third-order valence-corrected chi connectivity index (χ3v) is 25.6. The third kappa shape index (κ3) is 7.09. The molecule has 3 nitrogen and oxygen atoms in total. The Kier molecular flexibility index (Phi) is 10.4. The van der Waals surface area contributed by atoms with Crippen molar-refractivity contribution in [3.8, 4) is 11.1 Å². The van der Waals surface area contributed by atoms with Gasteiger partial charge in [0.15, 0.2) is 0 Å². The molecule has 0 saturated heterocycles. The first-order chi connectivity index (χ1) is 39.0. The monoisotopic (exact) mass is 1130 g/mol. The van der Waals surface area contributed by atoms with Gasteiger partial charge in [0.05, 0.1) is 10.7 Å². The van der Waals surface area contributed by atoms with Crippen molar-refractivity contribution in [3.63, 3.8) is 0 Å². The number of para-hydroxylation sites is 1. The van der Waals surface area contributed by atoms with Gasteiger partial charge < -0.3 is 14.1 Å². The van der Waals surface area contributed by atoms with Gasteiger partial charge in [0.2, 0.25) is 0 Å². The number of thiophene rings is 2. The highest BCUT2D eigenvalue weighted by molar-refractivity contribution is 7.27. The second-order valence-corrected chi connectivity index (χ2v) is 34.4. The van der Waals surface area contributed by atoms with Crippen LogP contribution in [0.2, 0.25) is 0 Å². The van der Waals surface area contributed by atoms with E-state index < -0.39 is 0 Å². The van der Waals surface area contributed by atoms with Crippen LogP contribution in [0.3, 0.4) is 0 Å². The smallest absolute Gasteiger partial charge is 0.334 e. The van der Waals surface area contributed by atoms with E-state index in [0.717, 1.165) is 24.0 Å². The molecular formula is C77H83BN2OS2. The summed E-state index contributed by atoms with van der Waals surface area (Å²) in [5.41, 5.74) is 26.3. The number of aryl methyl sites for hydroxylation is 1. The maximum absolute atomic E-state index is 7.55. The van der Waals surface area contributed by atoms with E-state index in [0.29, 0.717) is 0 Å². The predicted octanol–water partition coefficient (Wildman–Crippen LogP) is 21.6. The third-order valence-electron chi connectivity index (χ3n) is 23.2. The van der Waals surface area contributed by atoms with Crippen molar-refractivity contribution in [2.45, 2.75) is 212 Å². The van der Waals surface area contributed by atoms with Gasteiger partial charge in [0.25, 0.3) is 0 Å². The van der Waals surface area contributed by atoms with E-state index in [9.17, 15) is 0 Å². The van der Waals surface area contributed by atoms with E-state index in [2.05, 4.69) is 224 Å². The van der Waals surface area contributed by atoms with Crippen LogP contribution in [0.15, 0.2) is 101 Å². The minimum Gasteiger partial charge on any atom is -0.455 e. The van der Waals surface area contributed by atoms with E-state index >= 15 is 0 Å². The van der Waals surface area contributed by atoms with Gasteiger partial charge in [0.1, 0.15) is 11.2 Å². The number of benzene rings is 7. The van der Waals surface area contributed by atoms with E-state index in [4.69, 9.17) is 4.42 Å². The Morgan fingerprint density at radius 1 is 0.398 bits per heavy atom. The van der Waals surface area contributed by atoms with E-state index in [1.54, 1.807) is 0 Å². The molecule has 7 aromatic carbocycles. The first-order valence-electron chi connectivity index (χ1n) is 31.5. The lowest BCUT2D eigenvalue weighted by Crippen LogP contribution is -2.61. The molecule has 422 valence electrons. The van der Waals surface area contributed by atoms with Crippen LogP contribution in [0.25, 0.3) is 63.3 Å². The number of fused-ring (bicyclic) bond motifs is 18. The Morgan fingerprint density at radius 3 is 1.51 bits per heavy atom. The number of hydrogen-bond acceptors (Lipinski definition) is 5. The first-order valence-corrected chi connectivity index (χ1v) is 33.2. The molecule has 16 rings (SSSR count). The second-order valence-electron chi connectivity index (χ2n) is 32.3. The Bertz CT molecular complexity index is 4560. The van der Waals surface area contributed by atoms with Crippen molar-refractivity contribution in [3.05, 3.63) is 147 Å². The highest BCUT2D eigenvalue weighted by Gasteiger charge is 2.52. The molecule has 5 heterocycles. The average Bonchev–Trinajstić information content (AvgIpc) is 1.68. The van der Waals surface area contributed by atoms with Crippen LogP contribution in [0, 0.1) is 6.92 Å². The fourth-order valence-electron chi connectivity index (χ4n) is 17.4. The summed E-state index contributed by atoms with van der Waals surface area (Å²) in [4.78, 5) is 5.65. The van der Waals surface area contributed by atoms with Gasteiger partial charge in [-0.2, -0.15) is 0 Å². The molecule has 0 fully saturated rings. The molecule has 6 heteroatoms. The maximum Gasteiger partial charge on any atom is 0.334 e. The molecule has 0 N–H and O–H groups in total. The minimum absolute atomic E-state index is 0.0203. The number of nitrogens with zero attached hydrogens (tertiary/aromatic N) is 2. The fourth-order valence-corrected chi connectivity index (χ4v) is 19.9. The first kappa shape index (κ1) is 52.7. The van der Waals surface area contributed by atoms with Gasteiger partial charge in [-0.25, -0.2) is 0 Å². The fraction of sp³-hybridized carbons (Fsp3) is 0.429. The SMILES string of the molecule is Cc1cc2c(cc1N1c3cc4c(oc5ccccc54)c4c3B(c3c1sc1cc5c(cc31)C(C)(C)CCC5(C)C)N(c1ccc3c(c1)C(C)(C)CCC3(C)C)c1ccc3c(sc5cc6c(cc53)C(C)(C)CCC6(C)C)c1-4)C(C)(C)CCC2(C)C. The summed E-state index contributed by atoms with van der Waals surface area (Å²) in [6.45, 7) is 42.1. The van der Waals surface area contributed by atoms with Gasteiger partial charge >= 0.3 is 6.85 Å². The molecule has 0 amide bonds. The van der Waals surface area contributed by atoms with Crippen molar-refractivity contribution in [2.24, 2.45) is 0 Å². The van der Waals surface area contributed by atoms with Gasteiger partial charge in [-0.05, 0) is 229 Å². The topological polar surface area (TPSA) is 19.6 Å². The molecule has 6 aliphatic rings. The van der Waals surface area contributed by atoms with E-state index in [-0.39, 0.29) is 50.2 Å². The summed E-state index contributed by atoms with van der Waals surface area (Å²) < 4.78 is 11.7. The van der Waals surface area contributed by atoms with Crippen LogP contribution in [0.5, 0.6) is 0 Å². The highest BCUT2D eigenvalue weighted by atomic mass is 32.1. The Labute approximate surface area is 502 Å². The molecule has 10 aromatic rings. The molecule has 0 saturated carbocycles. The van der Waals surface area contributed by atoms with E-state index in [1.165, 1.54) is 179 Å². The zero-order chi connectivity index (χ0) is 58.0. The van der Waals surface area contributed by atoms with Gasteiger partial charge in [-0.1, -0.05) is 147 Å². The number of hydrogen-bond donors (Lipinski definition) is 0. The molecule has 0 bridgehead atoms. The summed E-state index contributed by atoms with van der Waals surface area (Å²) in [7, 11) is 0. The summed E-state index contributed by atoms with van der Waals surface area (Å²) in [5, 5.41) is 7.83. The van der Waals surface area contributed by atoms with Crippen LogP contribution in [0.1, 0.15) is 212 Å². The van der Waals surface area contributed by atoms with Crippen molar-refractivity contribution in [2.75, 3.05) is 9.71 Å². The number of anilines is 5. The largest absolute Gasteiger partial charge is 0.455 e. The van der Waals surface area contributed by atoms with E-state index in [1.807, 2.05) is 22.7 Å². The quantitative estimate of drug-likeness (QED) is 0.161. The Morgan fingerprint density at radius 2 is 0.904 bits per heavy atom. The van der Waals surface area contributed by atoms with Crippen molar-refractivity contribution >= 4 is 120 Å². The standard InChI is InChI=1S/C77H83BN2OS2/c1-42-34-50-54(75(12,13)31-28-71(50,4)5)39-58(42)79-59-38-47-44-20-18-19-21-60(44)81-67(47)64-63-57(25-23-45-46-36-52-55(40-61(46)82-68(45)63)76(14,15)32-29-73(52,8)9)80(43-22-24-49-51(35-43)72(6,7)27-26-70(49,2)3)78(66(59)64)65-48-37-53-56(41-62(48)83-69(65)79)77(16,17)33-30-74(53,10)11/h18-25,34-41H,26-33H2,1-17H3. The van der Waals surface area contributed by atoms with Gasteiger partial charge in [0, 0.05) is 63.8 Å². The molecule has 3 aromatic heterocycles. The summed E-state index contributed by atoms with van der Waals surface area (Å²) >= 11 is 4.06. The molecule has 0 atom stereocenters. The van der Waals surface area contributed by atoms with Crippen LogP contribution in [-0.2, 0) is 43.3 Å². The Hall–Kier alpha value is -5.82.